The summed E-state index contributed by atoms with van der Waals surface area (Å²) in [7, 11) is 0. The van der Waals surface area contributed by atoms with Gasteiger partial charge in [0.25, 0.3) is 5.91 Å². The number of nitrogens with one attached hydrogen (secondary N) is 1. The molecule has 0 saturated carbocycles. The zero-order chi connectivity index (χ0) is 16.5. The molecule has 118 valence electrons. The molecule has 7 heteroatoms. The fraction of sp³-hybridized carbons (Fsp3) is 0.400. The van der Waals surface area contributed by atoms with Crippen LogP contribution in [-0.4, -0.2) is 35.5 Å². The van der Waals surface area contributed by atoms with Crippen molar-refractivity contribution in [2.75, 3.05) is 6.54 Å². The summed E-state index contributed by atoms with van der Waals surface area (Å²) in [5, 5.41) is 3.14. The van der Waals surface area contributed by atoms with Crippen molar-refractivity contribution in [2.45, 2.75) is 32.4 Å². The summed E-state index contributed by atoms with van der Waals surface area (Å²) in [5.74, 6) is -1.13. The van der Waals surface area contributed by atoms with Crippen LogP contribution < -0.4 is 5.32 Å². The lowest BCUT2D eigenvalue weighted by atomic mass is 9.92. The van der Waals surface area contributed by atoms with Crippen LogP contribution in [-0.2, 0) is 19.9 Å². The Hall–Kier alpha value is -2.08. The van der Waals surface area contributed by atoms with Crippen LogP contribution in [0.1, 0.15) is 26.3 Å². The van der Waals surface area contributed by atoms with Crippen LogP contribution in [0, 0.1) is 0 Å². The van der Waals surface area contributed by atoms with Gasteiger partial charge in [0.15, 0.2) is 0 Å². The molecular weight excluding hydrogens is 308 g/mol. The highest BCUT2D eigenvalue weighted by Gasteiger charge is 2.49. The van der Waals surface area contributed by atoms with E-state index in [-0.39, 0.29) is 6.10 Å². The molecule has 1 aromatic rings. The highest BCUT2D eigenvalue weighted by atomic mass is 35.5. The van der Waals surface area contributed by atoms with E-state index in [1.165, 1.54) is 0 Å². The molecule has 1 heterocycles. The largest absolute Gasteiger partial charge is 0.462 e. The number of ether oxygens (including phenoxy) is 1. The minimum absolute atomic E-state index is 0.309. The van der Waals surface area contributed by atoms with Gasteiger partial charge in [-0.3, -0.25) is 14.5 Å². The normalized spacial score (nSPS) is 21.2. The fourth-order valence-electron chi connectivity index (χ4n) is 2.25. The molecule has 3 amide bonds. The zero-order valence-electron chi connectivity index (χ0n) is 12.6. The van der Waals surface area contributed by atoms with E-state index in [2.05, 4.69) is 5.32 Å². The van der Waals surface area contributed by atoms with E-state index in [9.17, 15) is 14.4 Å². The molecule has 6 nitrogen and oxygen atoms in total. The van der Waals surface area contributed by atoms with Crippen molar-refractivity contribution >= 4 is 29.5 Å². The molecule has 1 aliphatic rings. The van der Waals surface area contributed by atoms with Crippen molar-refractivity contribution < 1.29 is 19.1 Å². The first-order valence-corrected chi connectivity index (χ1v) is 7.21. The highest BCUT2D eigenvalue weighted by molar-refractivity contribution is 6.30. The van der Waals surface area contributed by atoms with E-state index in [0.29, 0.717) is 10.6 Å². The monoisotopic (exact) mass is 324 g/mol. The molecule has 1 atom stereocenters. The summed E-state index contributed by atoms with van der Waals surface area (Å²) in [5.41, 5.74) is -0.630. The van der Waals surface area contributed by atoms with Crippen LogP contribution in [0.2, 0.25) is 5.02 Å². The number of halogens is 1. The quantitative estimate of drug-likeness (QED) is 0.679. The molecule has 0 bridgehead atoms. The Kier molecular flexibility index (Phi) is 4.42. The number of hydrogen-bond donors (Lipinski definition) is 1. The summed E-state index contributed by atoms with van der Waals surface area (Å²) < 4.78 is 4.97. The van der Waals surface area contributed by atoms with Crippen molar-refractivity contribution in [3.63, 3.8) is 0 Å². The molecular formula is C15H17ClN2O4. The van der Waals surface area contributed by atoms with Gasteiger partial charge in [0.1, 0.15) is 12.1 Å². The number of benzene rings is 1. The van der Waals surface area contributed by atoms with Crippen LogP contribution in [0.3, 0.4) is 0 Å². The van der Waals surface area contributed by atoms with Crippen LogP contribution in [0.25, 0.3) is 0 Å². The Balaban J connectivity index is 2.20. The number of esters is 1. The van der Waals surface area contributed by atoms with E-state index in [0.717, 1.165) is 4.90 Å². The lowest BCUT2D eigenvalue weighted by Crippen LogP contribution is -2.41. The fourth-order valence-corrected chi connectivity index (χ4v) is 2.37. The number of nitrogens with zero attached hydrogens (tertiary/aromatic N) is 1. The Labute approximate surface area is 133 Å². The SMILES string of the molecule is CC(C)OC(=O)CN1C(=O)NC(C)(c2ccc(Cl)cc2)C1=O. The maximum absolute atomic E-state index is 12.5. The average Bonchev–Trinajstić information content (AvgIpc) is 2.63. The molecule has 1 aromatic carbocycles. The summed E-state index contributed by atoms with van der Waals surface area (Å²) in [6.07, 6.45) is -0.309. The molecule has 1 aliphatic heterocycles. The van der Waals surface area contributed by atoms with E-state index < -0.39 is 30.0 Å². The van der Waals surface area contributed by atoms with Crippen molar-refractivity contribution in [3.8, 4) is 0 Å². The average molecular weight is 325 g/mol. The van der Waals surface area contributed by atoms with Gasteiger partial charge >= 0.3 is 12.0 Å². The second-order valence-electron chi connectivity index (χ2n) is 5.49. The first-order valence-electron chi connectivity index (χ1n) is 6.83. The molecule has 1 unspecified atom stereocenters. The van der Waals surface area contributed by atoms with Crippen LogP contribution in [0.4, 0.5) is 4.79 Å². The van der Waals surface area contributed by atoms with E-state index >= 15 is 0 Å². The Morgan fingerprint density at radius 3 is 2.45 bits per heavy atom. The Bertz CT molecular complexity index is 614. The second kappa shape index (κ2) is 5.96. The van der Waals surface area contributed by atoms with Gasteiger partial charge in [-0.1, -0.05) is 23.7 Å². The molecule has 0 aromatic heterocycles. The number of hydrogen-bond acceptors (Lipinski definition) is 4. The summed E-state index contributed by atoms with van der Waals surface area (Å²) in [6.45, 7) is 4.57. The maximum atomic E-state index is 12.5. The van der Waals surface area contributed by atoms with Crippen LogP contribution in [0.15, 0.2) is 24.3 Å². The summed E-state index contributed by atoms with van der Waals surface area (Å²) in [4.78, 5) is 37.1. The number of imide groups is 1. The number of urea groups is 1. The third kappa shape index (κ3) is 3.06. The minimum Gasteiger partial charge on any atom is -0.462 e. The minimum atomic E-state index is -1.22. The van der Waals surface area contributed by atoms with Gasteiger partial charge in [0.05, 0.1) is 6.10 Å². The number of carbonyl (C=O) groups excluding carboxylic acids is 3. The molecule has 1 N–H and O–H groups in total. The molecule has 22 heavy (non-hydrogen) atoms. The van der Waals surface area contributed by atoms with Gasteiger partial charge in [0.2, 0.25) is 0 Å². The summed E-state index contributed by atoms with van der Waals surface area (Å²) in [6, 6.07) is 5.98. The molecule has 0 aliphatic carbocycles. The van der Waals surface area contributed by atoms with Crippen molar-refractivity contribution in [3.05, 3.63) is 34.9 Å². The Morgan fingerprint density at radius 1 is 1.32 bits per heavy atom. The van der Waals surface area contributed by atoms with Gasteiger partial charge in [-0.25, -0.2) is 4.79 Å². The summed E-state index contributed by atoms with van der Waals surface area (Å²) >= 11 is 5.83. The smallest absolute Gasteiger partial charge is 0.326 e. The van der Waals surface area contributed by atoms with E-state index in [1.54, 1.807) is 45.0 Å². The maximum Gasteiger partial charge on any atom is 0.326 e. The van der Waals surface area contributed by atoms with Gasteiger partial charge in [-0.05, 0) is 38.5 Å². The van der Waals surface area contributed by atoms with E-state index in [4.69, 9.17) is 16.3 Å². The molecule has 2 rings (SSSR count). The topological polar surface area (TPSA) is 75.7 Å². The lowest BCUT2D eigenvalue weighted by molar-refractivity contribution is -0.150. The van der Waals surface area contributed by atoms with Crippen molar-refractivity contribution in [1.82, 2.24) is 10.2 Å². The molecule has 0 spiro atoms. The molecule has 1 saturated heterocycles. The predicted octanol–water partition coefficient (Wildman–Crippen LogP) is 2.06. The third-order valence-corrected chi connectivity index (χ3v) is 3.60. The highest BCUT2D eigenvalue weighted by Crippen LogP contribution is 2.29. The van der Waals surface area contributed by atoms with Crippen molar-refractivity contribution in [1.29, 1.82) is 0 Å². The lowest BCUT2D eigenvalue weighted by Gasteiger charge is -2.22. The number of rotatable bonds is 4. The predicted molar refractivity (Wildman–Crippen MR) is 80.3 cm³/mol. The van der Waals surface area contributed by atoms with Gasteiger partial charge in [-0.15, -0.1) is 0 Å². The zero-order valence-corrected chi connectivity index (χ0v) is 13.3. The Morgan fingerprint density at radius 2 is 1.91 bits per heavy atom. The first kappa shape index (κ1) is 16.3. The second-order valence-corrected chi connectivity index (χ2v) is 5.93. The van der Waals surface area contributed by atoms with Crippen LogP contribution >= 0.6 is 11.6 Å². The molecule has 1 fully saturated rings. The van der Waals surface area contributed by atoms with Crippen LogP contribution in [0.5, 0.6) is 0 Å². The number of carbonyl (C=O) groups is 3. The van der Waals surface area contributed by atoms with Gasteiger partial charge in [0, 0.05) is 5.02 Å². The first-order chi connectivity index (χ1) is 10.2. The number of amides is 3. The van der Waals surface area contributed by atoms with E-state index in [1.807, 2.05) is 0 Å². The van der Waals surface area contributed by atoms with Gasteiger partial charge in [-0.2, -0.15) is 0 Å². The standard InChI is InChI=1S/C15H17ClN2O4/c1-9(2)22-12(19)8-18-13(20)15(3,17-14(18)21)10-4-6-11(16)7-5-10/h4-7,9H,8H2,1-3H3,(H,17,21). The van der Waals surface area contributed by atoms with Crippen molar-refractivity contribution in [2.24, 2.45) is 0 Å². The van der Waals surface area contributed by atoms with Gasteiger partial charge < -0.3 is 10.1 Å². The third-order valence-electron chi connectivity index (χ3n) is 3.35. The molecule has 0 radical (unpaired) electrons.